The number of aryl methyl sites for hydroxylation is 2. The van der Waals surface area contributed by atoms with E-state index in [1.54, 1.807) is 0 Å². The van der Waals surface area contributed by atoms with E-state index < -0.39 is 0 Å². The SMILES string of the molecule is Cc1cnn(C)c1C(N)CN1CCC1. The fourth-order valence-corrected chi connectivity index (χ4v) is 2.02. The van der Waals surface area contributed by atoms with Gasteiger partial charge in [0.15, 0.2) is 0 Å². The van der Waals surface area contributed by atoms with Crippen molar-refractivity contribution in [1.29, 1.82) is 0 Å². The summed E-state index contributed by atoms with van der Waals surface area (Å²) >= 11 is 0. The molecule has 14 heavy (non-hydrogen) atoms. The van der Waals surface area contributed by atoms with Crippen LogP contribution in [0.15, 0.2) is 6.20 Å². The van der Waals surface area contributed by atoms with Crippen molar-refractivity contribution in [3.05, 3.63) is 17.5 Å². The van der Waals surface area contributed by atoms with E-state index in [0.29, 0.717) is 0 Å². The lowest BCUT2D eigenvalue weighted by atomic mass is 10.1. The molecule has 0 radical (unpaired) electrons. The summed E-state index contributed by atoms with van der Waals surface area (Å²) in [7, 11) is 1.96. The van der Waals surface area contributed by atoms with Crippen molar-refractivity contribution >= 4 is 0 Å². The molecule has 2 rings (SSSR count). The summed E-state index contributed by atoms with van der Waals surface area (Å²) in [4.78, 5) is 2.39. The second-order valence-corrected chi connectivity index (χ2v) is 4.10. The lowest BCUT2D eigenvalue weighted by Gasteiger charge is -2.33. The maximum absolute atomic E-state index is 6.15. The first-order chi connectivity index (χ1) is 6.68. The topological polar surface area (TPSA) is 47.1 Å². The van der Waals surface area contributed by atoms with Gasteiger partial charge in [0.05, 0.1) is 17.9 Å². The normalized spacial score (nSPS) is 19.4. The van der Waals surface area contributed by atoms with Crippen molar-refractivity contribution < 1.29 is 0 Å². The highest BCUT2D eigenvalue weighted by Crippen LogP contribution is 2.17. The van der Waals surface area contributed by atoms with Gasteiger partial charge in [-0.1, -0.05) is 0 Å². The standard InChI is InChI=1S/C10H18N4/c1-8-6-12-13(2)10(8)9(11)7-14-4-3-5-14/h6,9H,3-5,7,11H2,1-2H3. The molecule has 78 valence electrons. The molecule has 1 saturated heterocycles. The first-order valence-electron chi connectivity index (χ1n) is 5.15. The van der Waals surface area contributed by atoms with Gasteiger partial charge in [-0.2, -0.15) is 5.10 Å². The van der Waals surface area contributed by atoms with Crippen molar-refractivity contribution in [2.75, 3.05) is 19.6 Å². The Morgan fingerprint density at radius 2 is 2.29 bits per heavy atom. The number of hydrogen-bond acceptors (Lipinski definition) is 3. The Kier molecular flexibility index (Phi) is 2.56. The Morgan fingerprint density at radius 3 is 2.71 bits per heavy atom. The Hall–Kier alpha value is -0.870. The van der Waals surface area contributed by atoms with Gasteiger partial charge in [-0.25, -0.2) is 0 Å². The molecule has 0 spiro atoms. The van der Waals surface area contributed by atoms with Crippen LogP contribution in [-0.4, -0.2) is 34.3 Å². The maximum atomic E-state index is 6.15. The molecule has 1 fully saturated rings. The summed E-state index contributed by atoms with van der Waals surface area (Å²) in [5, 5.41) is 4.21. The number of nitrogens with zero attached hydrogens (tertiary/aromatic N) is 3. The van der Waals surface area contributed by atoms with Crippen molar-refractivity contribution in [2.45, 2.75) is 19.4 Å². The predicted molar refractivity (Wildman–Crippen MR) is 55.9 cm³/mol. The monoisotopic (exact) mass is 194 g/mol. The zero-order valence-electron chi connectivity index (χ0n) is 8.90. The molecule has 4 nitrogen and oxygen atoms in total. The zero-order chi connectivity index (χ0) is 10.1. The summed E-state index contributed by atoms with van der Waals surface area (Å²) in [5.41, 5.74) is 8.51. The second kappa shape index (κ2) is 3.71. The minimum Gasteiger partial charge on any atom is -0.322 e. The van der Waals surface area contributed by atoms with Crippen LogP contribution in [-0.2, 0) is 7.05 Å². The van der Waals surface area contributed by atoms with E-state index in [1.165, 1.54) is 25.1 Å². The van der Waals surface area contributed by atoms with Crippen LogP contribution in [0.25, 0.3) is 0 Å². The van der Waals surface area contributed by atoms with Crippen molar-refractivity contribution in [1.82, 2.24) is 14.7 Å². The van der Waals surface area contributed by atoms with Gasteiger partial charge in [-0.3, -0.25) is 4.68 Å². The Balaban J connectivity index is 2.05. The van der Waals surface area contributed by atoms with Gasteiger partial charge in [0.25, 0.3) is 0 Å². The van der Waals surface area contributed by atoms with Crippen LogP contribution < -0.4 is 5.73 Å². The minimum atomic E-state index is 0.0998. The molecule has 0 aromatic carbocycles. The Labute approximate surface area is 84.7 Å². The van der Waals surface area contributed by atoms with Crippen LogP contribution in [0.3, 0.4) is 0 Å². The summed E-state index contributed by atoms with van der Waals surface area (Å²) in [6, 6.07) is 0.0998. The quantitative estimate of drug-likeness (QED) is 0.759. The molecule has 0 aliphatic carbocycles. The molecule has 1 aliphatic rings. The molecule has 0 saturated carbocycles. The lowest BCUT2D eigenvalue weighted by molar-refractivity contribution is 0.168. The third-order valence-electron chi connectivity index (χ3n) is 2.93. The first kappa shape index (κ1) is 9.68. The Morgan fingerprint density at radius 1 is 1.57 bits per heavy atom. The molecule has 0 amide bonds. The van der Waals surface area contributed by atoms with Crippen LogP contribution in [0.4, 0.5) is 0 Å². The molecule has 2 N–H and O–H groups in total. The van der Waals surface area contributed by atoms with E-state index in [9.17, 15) is 0 Å². The van der Waals surface area contributed by atoms with E-state index in [0.717, 1.165) is 12.2 Å². The second-order valence-electron chi connectivity index (χ2n) is 4.10. The molecule has 1 aromatic rings. The van der Waals surface area contributed by atoms with Gasteiger partial charge in [0.1, 0.15) is 0 Å². The number of hydrogen-bond donors (Lipinski definition) is 1. The third kappa shape index (κ3) is 1.67. The number of rotatable bonds is 3. The minimum absolute atomic E-state index is 0.0998. The summed E-state index contributed by atoms with van der Waals surface area (Å²) in [6.07, 6.45) is 3.20. The average molecular weight is 194 g/mol. The molecular formula is C10H18N4. The fraction of sp³-hybridized carbons (Fsp3) is 0.700. The molecule has 2 heterocycles. The maximum Gasteiger partial charge on any atom is 0.0598 e. The first-order valence-corrected chi connectivity index (χ1v) is 5.15. The predicted octanol–water partition coefficient (Wildman–Crippen LogP) is 0.434. The molecule has 1 aliphatic heterocycles. The summed E-state index contributed by atoms with van der Waals surface area (Å²) in [6.45, 7) is 5.42. The highest BCUT2D eigenvalue weighted by molar-refractivity contribution is 5.19. The molecule has 1 aromatic heterocycles. The summed E-state index contributed by atoms with van der Waals surface area (Å²) < 4.78 is 1.89. The van der Waals surface area contributed by atoms with Gasteiger partial charge >= 0.3 is 0 Å². The zero-order valence-corrected chi connectivity index (χ0v) is 8.90. The Bertz CT molecular complexity index is 294. The van der Waals surface area contributed by atoms with Gasteiger partial charge in [0, 0.05) is 13.6 Å². The summed E-state index contributed by atoms with van der Waals surface area (Å²) in [5.74, 6) is 0. The lowest BCUT2D eigenvalue weighted by Crippen LogP contribution is -2.42. The number of nitrogens with two attached hydrogens (primary N) is 1. The van der Waals surface area contributed by atoms with Crippen LogP contribution >= 0.6 is 0 Å². The van der Waals surface area contributed by atoms with Gasteiger partial charge < -0.3 is 10.6 Å². The molecule has 1 atom stereocenters. The molecule has 1 unspecified atom stereocenters. The van der Waals surface area contributed by atoms with Crippen LogP contribution in [0.1, 0.15) is 23.7 Å². The van der Waals surface area contributed by atoms with Crippen LogP contribution in [0.2, 0.25) is 0 Å². The average Bonchev–Trinajstić information content (AvgIpc) is 2.39. The van der Waals surface area contributed by atoms with E-state index in [4.69, 9.17) is 5.73 Å². The fourth-order valence-electron chi connectivity index (χ4n) is 2.02. The van der Waals surface area contributed by atoms with Crippen molar-refractivity contribution in [3.8, 4) is 0 Å². The number of aromatic nitrogens is 2. The van der Waals surface area contributed by atoms with Gasteiger partial charge in [0.2, 0.25) is 0 Å². The van der Waals surface area contributed by atoms with Crippen LogP contribution in [0.5, 0.6) is 0 Å². The molecule has 4 heteroatoms. The van der Waals surface area contributed by atoms with E-state index in [2.05, 4.69) is 16.9 Å². The molecular weight excluding hydrogens is 176 g/mol. The largest absolute Gasteiger partial charge is 0.322 e. The highest BCUT2D eigenvalue weighted by Gasteiger charge is 2.20. The smallest absolute Gasteiger partial charge is 0.0598 e. The van der Waals surface area contributed by atoms with E-state index in [-0.39, 0.29) is 6.04 Å². The van der Waals surface area contributed by atoms with E-state index in [1.807, 2.05) is 17.9 Å². The number of likely N-dealkylation sites (tertiary alicyclic amines) is 1. The van der Waals surface area contributed by atoms with Crippen LogP contribution in [0, 0.1) is 6.92 Å². The van der Waals surface area contributed by atoms with Gasteiger partial charge in [-0.15, -0.1) is 0 Å². The van der Waals surface area contributed by atoms with Crippen molar-refractivity contribution in [2.24, 2.45) is 12.8 Å². The highest BCUT2D eigenvalue weighted by atomic mass is 15.3. The van der Waals surface area contributed by atoms with Gasteiger partial charge in [-0.05, 0) is 32.0 Å². The molecule has 0 bridgehead atoms. The van der Waals surface area contributed by atoms with Crippen molar-refractivity contribution in [3.63, 3.8) is 0 Å². The third-order valence-corrected chi connectivity index (χ3v) is 2.93. The van der Waals surface area contributed by atoms with E-state index >= 15 is 0 Å².